The highest BCUT2D eigenvalue weighted by molar-refractivity contribution is 5.95. The van der Waals surface area contributed by atoms with Crippen molar-refractivity contribution in [1.29, 1.82) is 0 Å². The van der Waals surface area contributed by atoms with Crippen molar-refractivity contribution in [1.82, 2.24) is 5.32 Å². The summed E-state index contributed by atoms with van der Waals surface area (Å²) in [5.74, 6) is -0.0301. The second-order valence-electron chi connectivity index (χ2n) is 6.18. The van der Waals surface area contributed by atoms with E-state index in [2.05, 4.69) is 41.7 Å². The molecule has 0 aromatic heterocycles. The van der Waals surface area contributed by atoms with Gasteiger partial charge in [-0.25, -0.2) is 0 Å². The highest BCUT2D eigenvalue weighted by Crippen LogP contribution is 2.20. The fourth-order valence-corrected chi connectivity index (χ4v) is 2.95. The van der Waals surface area contributed by atoms with Gasteiger partial charge in [0, 0.05) is 5.56 Å². The lowest BCUT2D eigenvalue weighted by atomic mass is 10.0. The molecule has 0 aliphatic rings. The number of aryl methyl sites for hydroxylation is 2. The first-order valence-electron chi connectivity index (χ1n) is 7.91. The van der Waals surface area contributed by atoms with E-state index in [9.17, 15) is 4.79 Å². The third-order valence-electron chi connectivity index (χ3n) is 4.10. The van der Waals surface area contributed by atoms with Gasteiger partial charge in [-0.3, -0.25) is 4.79 Å². The third kappa shape index (κ3) is 3.42. The molecule has 0 spiro atoms. The lowest BCUT2D eigenvalue weighted by Crippen LogP contribution is -2.26. The molecule has 0 saturated carbocycles. The van der Waals surface area contributed by atoms with Crippen LogP contribution in [0.4, 0.5) is 0 Å². The quantitative estimate of drug-likeness (QED) is 0.729. The number of benzene rings is 3. The summed E-state index contributed by atoms with van der Waals surface area (Å²) in [7, 11) is 0. The second kappa shape index (κ2) is 6.25. The first-order chi connectivity index (χ1) is 11.0. The smallest absolute Gasteiger partial charge is 0.251 e. The topological polar surface area (TPSA) is 29.1 Å². The van der Waals surface area contributed by atoms with Crippen molar-refractivity contribution < 1.29 is 4.79 Å². The minimum atomic E-state index is -0.0343. The molecule has 23 heavy (non-hydrogen) atoms. The van der Waals surface area contributed by atoms with Crippen LogP contribution in [0.1, 0.15) is 40.0 Å². The number of fused-ring (bicyclic) bond motifs is 1. The Kier molecular flexibility index (Phi) is 4.16. The van der Waals surface area contributed by atoms with Crippen molar-refractivity contribution in [2.24, 2.45) is 0 Å². The van der Waals surface area contributed by atoms with Gasteiger partial charge in [0.15, 0.2) is 0 Å². The number of carbonyl (C=O) groups excluding carboxylic acids is 1. The minimum absolute atomic E-state index is 0.0301. The molecule has 1 N–H and O–H groups in total. The van der Waals surface area contributed by atoms with Gasteiger partial charge in [0.1, 0.15) is 0 Å². The first kappa shape index (κ1) is 15.3. The molecule has 3 aromatic carbocycles. The summed E-state index contributed by atoms with van der Waals surface area (Å²) in [5.41, 5.74) is 4.04. The van der Waals surface area contributed by atoms with Gasteiger partial charge in [-0.2, -0.15) is 0 Å². The number of nitrogens with one attached hydrogen (secondary N) is 1. The Hall–Kier alpha value is -2.61. The van der Waals surface area contributed by atoms with E-state index in [0.29, 0.717) is 0 Å². The maximum atomic E-state index is 12.5. The predicted octanol–water partition coefficient (Wildman–Crippen LogP) is 4.95. The number of rotatable bonds is 3. The Morgan fingerprint density at radius 3 is 2.22 bits per heavy atom. The van der Waals surface area contributed by atoms with Crippen LogP contribution in [0.5, 0.6) is 0 Å². The summed E-state index contributed by atoms with van der Waals surface area (Å²) < 4.78 is 0. The molecule has 0 bridgehead atoms. The van der Waals surface area contributed by atoms with Crippen LogP contribution in [0.15, 0.2) is 60.7 Å². The highest BCUT2D eigenvalue weighted by Gasteiger charge is 2.12. The van der Waals surface area contributed by atoms with Crippen LogP contribution in [0.25, 0.3) is 10.8 Å². The van der Waals surface area contributed by atoms with Crippen molar-refractivity contribution in [3.63, 3.8) is 0 Å². The van der Waals surface area contributed by atoms with Crippen LogP contribution < -0.4 is 5.32 Å². The van der Waals surface area contributed by atoms with Crippen molar-refractivity contribution in [2.75, 3.05) is 0 Å². The molecule has 0 unspecified atom stereocenters. The summed E-state index contributed by atoms with van der Waals surface area (Å²) in [6.07, 6.45) is 0. The fourth-order valence-electron chi connectivity index (χ4n) is 2.95. The minimum Gasteiger partial charge on any atom is -0.346 e. The zero-order valence-corrected chi connectivity index (χ0v) is 13.8. The average molecular weight is 303 g/mol. The van der Waals surface area contributed by atoms with E-state index in [4.69, 9.17) is 0 Å². The number of carbonyl (C=O) groups is 1. The van der Waals surface area contributed by atoms with E-state index in [-0.39, 0.29) is 11.9 Å². The normalized spacial score (nSPS) is 12.1. The van der Waals surface area contributed by atoms with Gasteiger partial charge in [0.25, 0.3) is 5.91 Å². The van der Waals surface area contributed by atoms with Crippen LogP contribution in [0.2, 0.25) is 0 Å². The molecule has 3 rings (SSSR count). The van der Waals surface area contributed by atoms with Gasteiger partial charge in [-0.15, -0.1) is 0 Å². The molecule has 0 radical (unpaired) electrons. The molecule has 0 saturated heterocycles. The zero-order chi connectivity index (χ0) is 16.4. The Balaban J connectivity index is 1.81. The van der Waals surface area contributed by atoms with Gasteiger partial charge in [-0.05, 0) is 55.3 Å². The Morgan fingerprint density at radius 2 is 1.52 bits per heavy atom. The van der Waals surface area contributed by atoms with E-state index in [0.717, 1.165) is 22.3 Å². The van der Waals surface area contributed by atoms with Crippen LogP contribution in [-0.2, 0) is 0 Å². The fraction of sp³-hybridized carbons (Fsp3) is 0.190. The van der Waals surface area contributed by atoms with E-state index in [1.807, 2.05) is 45.0 Å². The highest BCUT2D eigenvalue weighted by atomic mass is 16.1. The van der Waals surface area contributed by atoms with Gasteiger partial charge >= 0.3 is 0 Å². The van der Waals surface area contributed by atoms with Gasteiger partial charge in [0.2, 0.25) is 0 Å². The zero-order valence-electron chi connectivity index (χ0n) is 13.8. The monoisotopic (exact) mass is 303 g/mol. The molecule has 0 aliphatic heterocycles. The average Bonchev–Trinajstić information content (AvgIpc) is 2.53. The van der Waals surface area contributed by atoms with Gasteiger partial charge < -0.3 is 5.32 Å². The van der Waals surface area contributed by atoms with Crippen LogP contribution in [0.3, 0.4) is 0 Å². The molecular formula is C21H21NO. The van der Waals surface area contributed by atoms with Crippen molar-refractivity contribution in [2.45, 2.75) is 26.8 Å². The molecule has 1 atom stereocenters. The summed E-state index contributed by atoms with van der Waals surface area (Å²) >= 11 is 0. The van der Waals surface area contributed by atoms with Crippen LogP contribution in [-0.4, -0.2) is 5.91 Å². The summed E-state index contributed by atoms with van der Waals surface area (Å²) in [6, 6.07) is 20.5. The lowest BCUT2D eigenvalue weighted by molar-refractivity contribution is 0.0939. The lowest BCUT2D eigenvalue weighted by Gasteiger charge is -2.16. The van der Waals surface area contributed by atoms with E-state index >= 15 is 0 Å². The predicted molar refractivity (Wildman–Crippen MR) is 95.7 cm³/mol. The first-order valence-corrected chi connectivity index (χ1v) is 7.91. The van der Waals surface area contributed by atoms with Crippen LogP contribution >= 0.6 is 0 Å². The van der Waals surface area contributed by atoms with Crippen molar-refractivity contribution in [3.8, 4) is 0 Å². The summed E-state index contributed by atoms with van der Waals surface area (Å²) in [5, 5.41) is 5.50. The maximum absolute atomic E-state index is 12.5. The number of hydrogen-bond donors (Lipinski definition) is 1. The second-order valence-corrected chi connectivity index (χ2v) is 6.18. The molecule has 2 heteroatoms. The van der Waals surface area contributed by atoms with Gasteiger partial charge in [-0.1, -0.05) is 53.6 Å². The van der Waals surface area contributed by atoms with Crippen molar-refractivity contribution in [3.05, 3.63) is 82.9 Å². The van der Waals surface area contributed by atoms with Gasteiger partial charge in [0.05, 0.1) is 6.04 Å². The molecule has 0 aliphatic carbocycles. The molecule has 116 valence electrons. The van der Waals surface area contributed by atoms with Crippen LogP contribution in [0, 0.1) is 13.8 Å². The Labute approximate surface area is 137 Å². The number of hydrogen-bond acceptors (Lipinski definition) is 1. The van der Waals surface area contributed by atoms with E-state index in [1.54, 1.807) is 0 Å². The SMILES string of the molecule is Cc1cc(C)cc(C(=O)N[C@@H](C)c2ccc3ccccc3c2)c1. The Bertz CT molecular complexity index is 846. The summed E-state index contributed by atoms with van der Waals surface area (Å²) in [6.45, 7) is 6.04. The standard InChI is InChI=1S/C21H21NO/c1-14-10-15(2)12-20(11-14)21(23)22-16(3)18-9-8-17-6-4-5-7-19(17)13-18/h4-13,16H,1-3H3,(H,22,23)/t16-/m0/s1. The van der Waals surface area contributed by atoms with E-state index < -0.39 is 0 Å². The van der Waals surface area contributed by atoms with E-state index in [1.165, 1.54) is 10.8 Å². The molecule has 1 amide bonds. The maximum Gasteiger partial charge on any atom is 0.251 e. The summed E-state index contributed by atoms with van der Waals surface area (Å²) in [4.78, 5) is 12.5. The molecule has 2 nitrogen and oxygen atoms in total. The molecule has 0 fully saturated rings. The molecular weight excluding hydrogens is 282 g/mol. The molecule has 0 heterocycles. The van der Waals surface area contributed by atoms with Crippen molar-refractivity contribution >= 4 is 16.7 Å². The molecule has 3 aromatic rings. The largest absolute Gasteiger partial charge is 0.346 e. The number of amides is 1. The third-order valence-corrected chi connectivity index (χ3v) is 4.10. The Morgan fingerprint density at radius 1 is 0.870 bits per heavy atom.